The van der Waals surface area contributed by atoms with Crippen molar-refractivity contribution in [3.8, 4) is 0 Å². The molecule has 3 unspecified atom stereocenters. The van der Waals surface area contributed by atoms with Crippen molar-refractivity contribution < 1.29 is 9.69 Å². The van der Waals surface area contributed by atoms with E-state index in [1.165, 1.54) is 5.56 Å². The van der Waals surface area contributed by atoms with Crippen LogP contribution in [0.4, 0.5) is 10.5 Å². The number of carbonyl (C=O) groups excluding carboxylic acids is 1. The predicted octanol–water partition coefficient (Wildman–Crippen LogP) is 3.78. The lowest BCUT2D eigenvalue weighted by molar-refractivity contribution is -0.919. The molecule has 4 nitrogen and oxygen atoms in total. The topological polar surface area (TPSA) is 45.6 Å². The summed E-state index contributed by atoms with van der Waals surface area (Å²) in [6.45, 7) is 5.16. The van der Waals surface area contributed by atoms with Crippen LogP contribution in [0.5, 0.6) is 0 Å². The average molecular weight is 393 g/mol. The highest BCUT2D eigenvalue weighted by atomic mass is 35.5. The number of likely N-dealkylation sites (tertiary alicyclic amines) is 1. The maximum Gasteiger partial charge on any atom is 0.319 e. The summed E-state index contributed by atoms with van der Waals surface area (Å²) in [5.74, 6) is 0.496. The van der Waals surface area contributed by atoms with E-state index in [0.717, 1.165) is 19.5 Å². The van der Waals surface area contributed by atoms with Crippen molar-refractivity contribution >= 4 is 34.9 Å². The van der Waals surface area contributed by atoms with Gasteiger partial charge in [-0.15, -0.1) is 0 Å². The van der Waals surface area contributed by atoms with Crippen LogP contribution in [-0.4, -0.2) is 25.7 Å². The smallest absolute Gasteiger partial charge is 0.319 e. The quantitative estimate of drug-likeness (QED) is 0.712. The third-order valence-corrected chi connectivity index (χ3v) is 5.80. The molecule has 0 aliphatic carbocycles. The number of nitrogens with one attached hydrogen (secondary N) is 3. The van der Waals surface area contributed by atoms with Gasteiger partial charge in [0.15, 0.2) is 0 Å². The Labute approximate surface area is 164 Å². The van der Waals surface area contributed by atoms with E-state index in [0.29, 0.717) is 34.2 Å². The molecule has 1 aliphatic rings. The Hall–Kier alpha value is -1.75. The van der Waals surface area contributed by atoms with Crippen LogP contribution in [0.2, 0.25) is 10.0 Å². The van der Waals surface area contributed by atoms with Crippen LogP contribution in [-0.2, 0) is 0 Å². The van der Waals surface area contributed by atoms with E-state index >= 15 is 0 Å². The molecule has 26 heavy (non-hydrogen) atoms. The molecular weight excluding hydrogens is 369 g/mol. The number of carbonyl (C=O) groups is 1. The largest absolute Gasteiger partial charge is 0.337 e. The minimum absolute atomic E-state index is 0.215. The van der Waals surface area contributed by atoms with Crippen LogP contribution in [0.1, 0.15) is 24.9 Å². The molecule has 1 fully saturated rings. The van der Waals surface area contributed by atoms with Crippen molar-refractivity contribution in [1.82, 2.24) is 5.32 Å². The van der Waals surface area contributed by atoms with Crippen molar-refractivity contribution in [3.05, 3.63) is 64.1 Å². The van der Waals surface area contributed by atoms with Crippen LogP contribution < -0.4 is 15.5 Å². The summed E-state index contributed by atoms with van der Waals surface area (Å²) in [6.07, 6.45) is 1.12. The molecule has 1 heterocycles. The molecule has 3 rings (SSSR count). The minimum Gasteiger partial charge on any atom is -0.337 e. The minimum atomic E-state index is -0.215. The van der Waals surface area contributed by atoms with Crippen molar-refractivity contribution in [1.29, 1.82) is 0 Å². The molecule has 0 radical (unpaired) electrons. The lowest BCUT2D eigenvalue weighted by Gasteiger charge is -2.22. The maximum atomic E-state index is 12.1. The highest BCUT2D eigenvalue weighted by Gasteiger charge is 2.30. The number of quaternary nitrogens is 1. The molecule has 2 aromatic rings. The Morgan fingerprint density at radius 2 is 1.96 bits per heavy atom. The summed E-state index contributed by atoms with van der Waals surface area (Å²) in [7, 11) is 0. The molecule has 3 atom stereocenters. The number of benzene rings is 2. The first-order valence-electron chi connectivity index (χ1n) is 8.92. The molecule has 1 saturated heterocycles. The second-order valence-corrected chi connectivity index (χ2v) is 7.68. The standard InChI is InChI=1S/C20H23Cl2N3O/c1-14(16-5-3-2-4-6-16)25-10-9-15(13-25)12-23-20(26)24-17-7-8-18(21)19(22)11-17/h2-8,11,14-15H,9-10,12-13H2,1H3,(H2,23,24,26)/p+1. The molecule has 2 aromatic carbocycles. The first-order valence-corrected chi connectivity index (χ1v) is 9.68. The van der Waals surface area contributed by atoms with E-state index in [1.807, 2.05) is 0 Å². The van der Waals surface area contributed by atoms with E-state index in [2.05, 4.69) is 47.9 Å². The van der Waals surface area contributed by atoms with Gasteiger partial charge in [0.25, 0.3) is 0 Å². The summed E-state index contributed by atoms with van der Waals surface area (Å²) >= 11 is 11.9. The van der Waals surface area contributed by atoms with Gasteiger partial charge >= 0.3 is 6.03 Å². The molecular formula is C20H24Cl2N3O+. The van der Waals surface area contributed by atoms with Gasteiger partial charge in [0, 0.05) is 30.1 Å². The SMILES string of the molecule is CC(c1ccccc1)[NH+]1CCC(CNC(=O)Nc2ccc(Cl)c(Cl)c2)C1. The molecule has 0 bridgehead atoms. The monoisotopic (exact) mass is 392 g/mol. The fraction of sp³-hybridized carbons (Fsp3) is 0.350. The maximum absolute atomic E-state index is 12.1. The highest BCUT2D eigenvalue weighted by molar-refractivity contribution is 6.42. The summed E-state index contributed by atoms with van der Waals surface area (Å²) in [4.78, 5) is 13.7. The van der Waals surface area contributed by atoms with E-state index in [9.17, 15) is 4.79 Å². The molecule has 2 amide bonds. The van der Waals surface area contributed by atoms with Crippen LogP contribution in [0.15, 0.2) is 48.5 Å². The van der Waals surface area contributed by atoms with Crippen molar-refractivity contribution in [2.24, 2.45) is 5.92 Å². The Morgan fingerprint density at radius 1 is 1.19 bits per heavy atom. The molecule has 6 heteroatoms. The molecule has 0 aromatic heterocycles. The Bertz CT molecular complexity index is 754. The number of rotatable bonds is 5. The van der Waals surface area contributed by atoms with Crippen LogP contribution in [0.3, 0.4) is 0 Å². The number of urea groups is 1. The van der Waals surface area contributed by atoms with Crippen LogP contribution in [0.25, 0.3) is 0 Å². The Kier molecular flexibility index (Phi) is 6.41. The number of halogens is 2. The van der Waals surface area contributed by atoms with Gasteiger partial charge in [-0.2, -0.15) is 0 Å². The van der Waals surface area contributed by atoms with Crippen molar-refractivity contribution in [3.63, 3.8) is 0 Å². The van der Waals surface area contributed by atoms with E-state index in [-0.39, 0.29) is 6.03 Å². The normalized spacial score (nSPS) is 20.6. The van der Waals surface area contributed by atoms with E-state index < -0.39 is 0 Å². The molecule has 0 saturated carbocycles. The van der Waals surface area contributed by atoms with E-state index in [1.54, 1.807) is 23.1 Å². The van der Waals surface area contributed by atoms with Crippen molar-refractivity contribution in [2.75, 3.05) is 25.0 Å². The Balaban J connectivity index is 1.45. The van der Waals surface area contributed by atoms with Gasteiger partial charge in [-0.3, -0.25) is 0 Å². The number of hydrogen-bond acceptors (Lipinski definition) is 1. The molecule has 3 N–H and O–H groups in total. The van der Waals surface area contributed by atoms with Gasteiger partial charge in [-0.05, 0) is 25.1 Å². The van der Waals surface area contributed by atoms with Gasteiger partial charge in [0.05, 0.1) is 23.1 Å². The van der Waals surface area contributed by atoms with Gasteiger partial charge in [0.2, 0.25) is 0 Å². The molecule has 1 aliphatic heterocycles. The zero-order valence-corrected chi connectivity index (χ0v) is 16.3. The molecule has 0 spiro atoms. The fourth-order valence-corrected chi connectivity index (χ4v) is 3.79. The summed E-state index contributed by atoms with van der Waals surface area (Å²) in [6, 6.07) is 15.9. The van der Waals surface area contributed by atoms with Gasteiger partial charge in [0.1, 0.15) is 6.04 Å². The first-order chi connectivity index (χ1) is 12.5. The third-order valence-electron chi connectivity index (χ3n) is 5.07. The third kappa shape index (κ3) is 4.91. The van der Waals surface area contributed by atoms with Crippen LogP contribution >= 0.6 is 23.2 Å². The zero-order valence-electron chi connectivity index (χ0n) is 14.8. The second kappa shape index (κ2) is 8.76. The predicted molar refractivity (Wildman–Crippen MR) is 107 cm³/mol. The summed E-state index contributed by atoms with van der Waals surface area (Å²) in [5.41, 5.74) is 2.00. The lowest BCUT2D eigenvalue weighted by Crippen LogP contribution is -3.10. The fourth-order valence-electron chi connectivity index (χ4n) is 3.50. The average Bonchev–Trinajstić information content (AvgIpc) is 3.12. The van der Waals surface area contributed by atoms with Gasteiger partial charge in [-0.25, -0.2) is 4.79 Å². The summed E-state index contributed by atoms with van der Waals surface area (Å²) in [5, 5.41) is 6.66. The first kappa shape index (κ1) is 19.0. The van der Waals surface area contributed by atoms with Gasteiger partial charge in [-0.1, -0.05) is 53.5 Å². The molecule has 138 valence electrons. The highest BCUT2D eigenvalue weighted by Crippen LogP contribution is 2.24. The zero-order chi connectivity index (χ0) is 18.5. The lowest BCUT2D eigenvalue weighted by atomic mass is 10.1. The number of anilines is 1. The van der Waals surface area contributed by atoms with Crippen molar-refractivity contribution in [2.45, 2.75) is 19.4 Å². The summed E-state index contributed by atoms with van der Waals surface area (Å²) < 4.78 is 0. The van der Waals surface area contributed by atoms with E-state index in [4.69, 9.17) is 23.2 Å². The van der Waals surface area contributed by atoms with Gasteiger partial charge < -0.3 is 15.5 Å². The number of amides is 2. The second-order valence-electron chi connectivity index (χ2n) is 6.86. The Morgan fingerprint density at radius 3 is 2.69 bits per heavy atom. The number of hydrogen-bond donors (Lipinski definition) is 3. The van der Waals surface area contributed by atoms with Crippen LogP contribution in [0, 0.1) is 5.92 Å².